The molecule has 0 saturated heterocycles. The third-order valence-corrected chi connectivity index (χ3v) is 5.91. The van der Waals surface area contributed by atoms with Gasteiger partial charge in [0, 0.05) is 0 Å². The summed E-state index contributed by atoms with van der Waals surface area (Å²) in [6.45, 7) is 4.76. The average molecular weight is 481 g/mol. The fourth-order valence-corrected chi connectivity index (χ4v) is 3.83. The molecule has 0 unspecified atom stereocenters. The Hall–Kier alpha value is -3.21. The van der Waals surface area contributed by atoms with Crippen LogP contribution in [0.5, 0.6) is 11.5 Å². The van der Waals surface area contributed by atoms with Crippen LogP contribution < -0.4 is 9.47 Å². The number of halogens is 2. The topological polar surface area (TPSA) is 35.5 Å². The molecule has 0 aromatic heterocycles. The minimum Gasteiger partial charge on any atom is -0.491 e. The fourth-order valence-electron chi connectivity index (χ4n) is 3.83. The highest BCUT2D eigenvalue weighted by atomic mass is 19.1. The highest BCUT2D eigenvalue weighted by Crippen LogP contribution is 2.27. The molecular formula is C30H34F2O3. The van der Waals surface area contributed by atoms with Gasteiger partial charge in [0.25, 0.3) is 0 Å². The normalized spacial score (nSPS) is 10.9. The van der Waals surface area contributed by atoms with E-state index in [4.69, 9.17) is 9.47 Å². The van der Waals surface area contributed by atoms with Crippen LogP contribution in [0.2, 0.25) is 0 Å². The van der Waals surface area contributed by atoms with Gasteiger partial charge >= 0.3 is 5.97 Å². The van der Waals surface area contributed by atoms with Crippen molar-refractivity contribution in [2.45, 2.75) is 65.2 Å². The lowest BCUT2D eigenvalue weighted by Gasteiger charge is -2.10. The van der Waals surface area contributed by atoms with Crippen LogP contribution in [0.3, 0.4) is 0 Å². The third-order valence-electron chi connectivity index (χ3n) is 5.91. The highest BCUT2D eigenvalue weighted by Gasteiger charge is 2.13. The molecule has 186 valence electrons. The number of unbranched alkanes of at least 4 members (excludes halogenated alkanes) is 5. The average Bonchev–Trinajstić information content (AvgIpc) is 2.86. The molecule has 0 aliphatic heterocycles. The lowest BCUT2D eigenvalue weighted by molar-refractivity contribution is 0.0728. The quantitative estimate of drug-likeness (QED) is 0.140. The van der Waals surface area contributed by atoms with Crippen molar-refractivity contribution in [3.63, 3.8) is 0 Å². The van der Waals surface area contributed by atoms with Crippen molar-refractivity contribution in [1.29, 1.82) is 0 Å². The predicted molar refractivity (Wildman–Crippen MR) is 136 cm³/mol. The summed E-state index contributed by atoms with van der Waals surface area (Å²) in [6.07, 6.45) is 8.26. The van der Waals surface area contributed by atoms with Gasteiger partial charge in [0.1, 0.15) is 0 Å². The van der Waals surface area contributed by atoms with Gasteiger partial charge in [0.05, 0.1) is 12.2 Å². The smallest absolute Gasteiger partial charge is 0.343 e. The number of esters is 1. The van der Waals surface area contributed by atoms with Gasteiger partial charge in [-0.25, -0.2) is 13.6 Å². The summed E-state index contributed by atoms with van der Waals surface area (Å²) in [5, 5.41) is 0. The Kier molecular flexibility index (Phi) is 10.3. The number of carbonyl (C=O) groups is 1. The van der Waals surface area contributed by atoms with E-state index < -0.39 is 17.6 Å². The standard InChI is InChI=1S/C30H34F2O3/c1-3-5-7-9-19-34-28-18-16-25(21-27(28)32)23-12-14-24(15-13-23)30(33)35-29-17-11-22(20-26(29)31)10-8-6-4-2/h11-18,20-21H,3-10,19H2,1-2H3. The second kappa shape index (κ2) is 13.6. The molecule has 0 fully saturated rings. The largest absolute Gasteiger partial charge is 0.491 e. The second-order valence-electron chi connectivity index (χ2n) is 8.74. The molecule has 0 N–H and O–H groups in total. The number of hydrogen-bond donors (Lipinski definition) is 0. The first kappa shape index (κ1) is 26.4. The van der Waals surface area contributed by atoms with Gasteiger partial charge in [-0.05, 0) is 72.4 Å². The first-order valence-electron chi connectivity index (χ1n) is 12.5. The van der Waals surface area contributed by atoms with Crippen molar-refractivity contribution in [2.24, 2.45) is 0 Å². The first-order valence-corrected chi connectivity index (χ1v) is 12.5. The van der Waals surface area contributed by atoms with Crippen LogP contribution in [0.15, 0.2) is 60.7 Å². The summed E-state index contributed by atoms with van der Waals surface area (Å²) in [4.78, 5) is 12.5. The maximum absolute atomic E-state index is 14.5. The SMILES string of the molecule is CCCCCCOc1ccc(-c2ccc(C(=O)Oc3ccc(CCCCC)cc3F)cc2)cc1F. The van der Waals surface area contributed by atoms with Gasteiger partial charge in [-0.15, -0.1) is 0 Å². The summed E-state index contributed by atoms with van der Waals surface area (Å²) in [7, 11) is 0. The molecule has 0 saturated carbocycles. The minimum atomic E-state index is -0.646. The molecule has 5 heteroatoms. The van der Waals surface area contributed by atoms with E-state index in [1.807, 2.05) is 0 Å². The first-order chi connectivity index (χ1) is 17.0. The van der Waals surface area contributed by atoms with E-state index in [0.29, 0.717) is 12.2 Å². The Morgan fingerprint density at radius 3 is 2.06 bits per heavy atom. The molecule has 0 radical (unpaired) electrons. The summed E-state index contributed by atoms with van der Waals surface area (Å²) < 4.78 is 39.7. The lowest BCUT2D eigenvalue weighted by atomic mass is 10.0. The monoisotopic (exact) mass is 480 g/mol. The molecule has 0 amide bonds. The van der Waals surface area contributed by atoms with E-state index in [2.05, 4.69) is 13.8 Å². The minimum absolute atomic E-state index is 0.0920. The lowest BCUT2D eigenvalue weighted by Crippen LogP contribution is -2.09. The Balaban J connectivity index is 1.59. The molecule has 0 atom stereocenters. The molecule has 35 heavy (non-hydrogen) atoms. The summed E-state index contributed by atoms with van der Waals surface area (Å²) in [5.74, 6) is -1.47. The molecule has 3 aromatic rings. The van der Waals surface area contributed by atoms with Crippen molar-refractivity contribution in [3.05, 3.63) is 83.4 Å². The van der Waals surface area contributed by atoms with Crippen molar-refractivity contribution >= 4 is 5.97 Å². The molecule has 0 heterocycles. The Morgan fingerprint density at radius 1 is 0.714 bits per heavy atom. The van der Waals surface area contributed by atoms with Gasteiger partial charge in [-0.2, -0.15) is 0 Å². The Bertz CT molecular complexity index is 1090. The molecule has 0 bridgehead atoms. The second-order valence-corrected chi connectivity index (χ2v) is 8.74. The van der Waals surface area contributed by atoms with Gasteiger partial charge in [-0.1, -0.05) is 70.2 Å². The van der Waals surface area contributed by atoms with Gasteiger partial charge in [-0.3, -0.25) is 0 Å². The summed E-state index contributed by atoms with van der Waals surface area (Å²) in [6, 6.07) is 16.1. The maximum Gasteiger partial charge on any atom is 0.343 e. The van der Waals surface area contributed by atoms with Crippen molar-refractivity contribution < 1.29 is 23.0 Å². The summed E-state index contributed by atoms with van der Waals surface area (Å²) in [5.41, 5.74) is 2.59. The Labute approximate surface area is 207 Å². The zero-order chi connectivity index (χ0) is 25.0. The van der Waals surface area contributed by atoms with Gasteiger partial charge < -0.3 is 9.47 Å². The van der Waals surface area contributed by atoms with Crippen molar-refractivity contribution in [2.75, 3.05) is 6.61 Å². The molecular weight excluding hydrogens is 446 g/mol. The van der Waals surface area contributed by atoms with Gasteiger partial charge in [0.15, 0.2) is 23.1 Å². The molecule has 3 rings (SSSR count). The fraction of sp³-hybridized carbons (Fsp3) is 0.367. The van der Waals surface area contributed by atoms with E-state index in [9.17, 15) is 13.6 Å². The van der Waals surface area contributed by atoms with Crippen LogP contribution in [0, 0.1) is 11.6 Å². The zero-order valence-electron chi connectivity index (χ0n) is 20.6. The van der Waals surface area contributed by atoms with Crippen LogP contribution in [0.1, 0.15) is 74.7 Å². The van der Waals surface area contributed by atoms with Gasteiger partial charge in [0.2, 0.25) is 0 Å². The molecule has 0 spiro atoms. The maximum atomic E-state index is 14.5. The summed E-state index contributed by atoms with van der Waals surface area (Å²) >= 11 is 0. The number of benzene rings is 3. The number of hydrogen-bond acceptors (Lipinski definition) is 3. The number of rotatable bonds is 13. The van der Waals surface area contributed by atoms with E-state index in [0.717, 1.165) is 62.5 Å². The van der Waals surface area contributed by atoms with E-state index >= 15 is 0 Å². The van der Waals surface area contributed by atoms with Crippen LogP contribution >= 0.6 is 0 Å². The third kappa shape index (κ3) is 7.91. The van der Waals surface area contributed by atoms with Crippen LogP contribution in [0.25, 0.3) is 11.1 Å². The number of ether oxygens (including phenoxy) is 2. The van der Waals surface area contributed by atoms with Crippen molar-refractivity contribution in [1.82, 2.24) is 0 Å². The van der Waals surface area contributed by atoms with E-state index in [1.54, 1.807) is 42.5 Å². The van der Waals surface area contributed by atoms with Crippen molar-refractivity contribution in [3.8, 4) is 22.6 Å². The zero-order valence-corrected chi connectivity index (χ0v) is 20.6. The van der Waals surface area contributed by atoms with Crippen LogP contribution in [-0.2, 0) is 6.42 Å². The van der Waals surface area contributed by atoms with E-state index in [1.165, 1.54) is 18.2 Å². The Morgan fingerprint density at radius 2 is 1.37 bits per heavy atom. The molecule has 3 nitrogen and oxygen atoms in total. The number of aryl methyl sites for hydroxylation is 1. The molecule has 0 aliphatic carbocycles. The number of carbonyl (C=O) groups excluding carboxylic acids is 1. The predicted octanol–water partition coefficient (Wildman–Crippen LogP) is 8.54. The molecule has 0 aliphatic rings. The van der Waals surface area contributed by atoms with E-state index in [-0.39, 0.29) is 17.1 Å². The van der Waals surface area contributed by atoms with Crippen LogP contribution in [0.4, 0.5) is 8.78 Å². The van der Waals surface area contributed by atoms with Crippen LogP contribution in [-0.4, -0.2) is 12.6 Å². The molecule has 3 aromatic carbocycles. The highest BCUT2D eigenvalue weighted by molar-refractivity contribution is 5.91.